The second-order valence-corrected chi connectivity index (χ2v) is 18.6. The van der Waals surface area contributed by atoms with Gasteiger partial charge in [0.25, 0.3) is 0 Å². The number of hydrogen-bond donors (Lipinski definition) is 2. The van der Waals surface area contributed by atoms with Gasteiger partial charge in [-0.3, -0.25) is 4.79 Å². The average Bonchev–Trinajstić information content (AvgIpc) is 3.97. The number of methoxy groups -OCH3 is 2. The molecule has 0 aromatic heterocycles. The van der Waals surface area contributed by atoms with Crippen molar-refractivity contribution in [2.75, 3.05) is 20.8 Å². The summed E-state index contributed by atoms with van der Waals surface area (Å²) in [4.78, 5) is 11.9. The Hall–Kier alpha value is -1.87. The van der Waals surface area contributed by atoms with E-state index in [9.17, 15) is 15.0 Å². The predicted molar refractivity (Wildman–Crippen MR) is 206 cm³/mol. The maximum absolute atomic E-state index is 11.9. The third-order valence-corrected chi connectivity index (χ3v) is 14.9. The molecule has 18 atom stereocenters. The lowest BCUT2D eigenvalue weighted by Crippen LogP contribution is -2.57. The van der Waals surface area contributed by atoms with Crippen molar-refractivity contribution in [3.8, 4) is 5.75 Å². The Bertz CT molecular complexity index is 1530. The Morgan fingerprint density at radius 1 is 0.964 bits per heavy atom. The van der Waals surface area contributed by atoms with Crippen molar-refractivity contribution in [1.82, 2.24) is 0 Å². The van der Waals surface area contributed by atoms with Gasteiger partial charge in [-0.1, -0.05) is 53.7 Å². The van der Waals surface area contributed by atoms with Crippen LogP contribution in [0.1, 0.15) is 119 Å². The lowest BCUT2D eigenvalue weighted by atomic mass is 9.78. The van der Waals surface area contributed by atoms with Gasteiger partial charge in [-0.15, -0.1) is 0 Å². The van der Waals surface area contributed by atoms with Crippen LogP contribution in [0.15, 0.2) is 24.3 Å². The molecule has 7 rings (SSSR count). The number of hydrogen-bond acceptors (Lipinski definition) is 11. The standard InChI is InChI=1S/C44H68O12/c1-11-42(17-16-34(52-42)41(8)18-19-43(56-41)22-32(45)27(5)37(53-43)28(6)36(49-10)29(7)39(46)47)38-25(3)21-33(51-38)35-24(2)20-26(4)44(54-35)23-50-40(55-44)30-12-14-31(48-9)15-13-30/h12-15,24-29,32-38,40,45H,11,16-23H2,1-10H3,(H,46,47)/t24-,25-,26+,27+,28-,29-,32-,33-,34+,35-,36+,37-,38+,40-,41+,42-,43+,44+/m0/s1. The molecule has 6 saturated heterocycles. The van der Waals surface area contributed by atoms with Crippen LogP contribution in [0.5, 0.6) is 5.75 Å². The van der Waals surface area contributed by atoms with E-state index in [1.807, 2.05) is 38.1 Å². The predicted octanol–water partition coefficient (Wildman–Crippen LogP) is 7.04. The van der Waals surface area contributed by atoms with Crippen molar-refractivity contribution < 1.29 is 57.6 Å². The first-order chi connectivity index (χ1) is 26.5. The zero-order chi connectivity index (χ0) is 40.4. The Labute approximate surface area is 333 Å². The molecule has 12 nitrogen and oxygen atoms in total. The molecule has 56 heavy (non-hydrogen) atoms. The van der Waals surface area contributed by atoms with Crippen LogP contribution < -0.4 is 4.74 Å². The van der Waals surface area contributed by atoms with Crippen LogP contribution in [0.2, 0.25) is 0 Å². The molecule has 6 aliphatic heterocycles. The van der Waals surface area contributed by atoms with Gasteiger partial charge in [0.05, 0.1) is 67.0 Å². The van der Waals surface area contributed by atoms with Crippen LogP contribution in [0.3, 0.4) is 0 Å². The first kappa shape index (κ1) is 42.3. The van der Waals surface area contributed by atoms with Gasteiger partial charge in [-0.05, 0) is 76.3 Å². The number of aliphatic hydroxyl groups is 1. The summed E-state index contributed by atoms with van der Waals surface area (Å²) in [5, 5.41) is 21.1. The van der Waals surface area contributed by atoms with Gasteiger partial charge in [0.2, 0.25) is 0 Å². The molecule has 0 bridgehead atoms. The van der Waals surface area contributed by atoms with E-state index in [4.69, 9.17) is 42.6 Å². The normalized spacial score (nSPS) is 47.0. The zero-order valence-electron chi connectivity index (χ0n) is 35.2. The molecule has 0 aliphatic carbocycles. The van der Waals surface area contributed by atoms with Gasteiger partial charge in [-0.25, -0.2) is 0 Å². The molecule has 0 unspecified atom stereocenters. The van der Waals surface area contributed by atoms with Gasteiger partial charge >= 0.3 is 5.97 Å². The van der Waals surface area contributed by atoms with Crippen LogP contribution in [-0.4, -0.2) is 103 Å². The van der Waals surface area contributed by atoms with E-state index in [-0.39, 0.29) is 54.0 Å². The van der Waals surface area contributed by atoms with E-state index in [1.54, 1.807) is 14.0 Å². The molecule has 0 saturated carbocycles. The minimum Gasteiger partial charge on any atom is -0.497 e. The van der Waals surface area contributed by atoms with E-state index >= 15 is 0 Å². The van der Waals surface area contributed by atoms with Crippen molar-refractivity contribution >= 4 is 5.97 Å². The molecule has 0 amide bonds. The van der Waals surface area contributed by atoms with E-state index < -0.39 is 59.3 Å². The third-order valence-electron chi connectivity index (χ3n) is 14.9. The molecule has 12 heteroatoms. The number of rotatable bonds is 11. The Morgan fingerprint density at radius 3 is 2.36 bits per heavy atom. The van der Waals surface area contributed by atoms with E-state index in [2.05, 4.69) is 34.6 Å². The molecule has 6 heterocycles. The summed E-state index contributed by atoms with van der Waals surface area (Å²) in [6.45, 7) is 17.0. The van der Waals surface area contributed by atoms with Crippen LogP contribution in [0.4, 0.5) is 0 Å². The number of carboxylic acids is 1. The van der Waals surface area contributed by atoms with Gasteiger partial charge < -0.3 is 52.8 Å². The van der Waals surface area contributed by atoms with E-state index in [1.165, 1.54) is 7.11 Å². The van der Waals surface area contributed by atoms with Gasteiger partial charge in [0, 0.05) is 43.3 Å². The average molecular weight is 789 g/mol. The highest BCUT2D eigenvalue weighted by Crippen LogP contribution is 2.55. The fourth-order valence-electron chi connectivity index (χ4n) is 11.4. The summed E-state index contributed by atoms with van der Waals surface area (Å²) >= 11 is 0. The molecule has 6 aliphatic rings. The third kappa shape index (κ3) is 7.46. The Morgan fingerprint density at radius 2 is 1.70 bits per heavy atom. The molecule has 6 fully saturated rings. The van der Waals surface area contributed by atoms with Crippen LogP contribution >= 0.6 is 0 Å². The number of carbonyl (C=O) groups is 1. The highest BCUT2D eigenvalue weighted by molar-refractivity contribution is 5.70. The fraction of sp³-hybridized carbons (Fsp3) is 0.841. The fourth-order valence-corrected chi connectivity index (χ4v) is 11.4. The number of aliphatic carboxylic acids is 1. The summed E-state index contributed by atoms with van der Waals surface area (Å²) in [6, 6.07) is 7.79. The molecular weight excluding hydrogens is 720 g/mol. The lowest BCUT2D eigenvalue weighted by Gasteiger charge is -2.49. The molecule has 316 valence electrons. The van der Waals surface area contributed by atoms with Crippen molar-refractivity contribution in [3.05, 3.63) is 29.8 Å². The largest absolute Gasteiger partial charge is 0.497 e. The molecular formula is C44H68O12. The number of benzene rings is 1. The SMILES string of the molecule is CC[C@@]1([C@@H]2O[C@H]([C@H]3O[C@@]4(CO[C@H](c5ccc(OC)cc5)O4)[C@H](C)C[C@@H]3C)C[C@@H]2C)CC[C@H]([C@@]2(C)CC[C@]3(C[C@H](O)[C@@H](C)[C@@H]([C@@H](C)[C@@H](OC)[C@H](C)C(=O)O)O3)O2)O1. The Kier molecular flexibility index (Phi) is 12.0. The summed E-state index contributed by atoms with van der Waals surface area (Å²) < 4.78 is 59.1. The first-order valence-corrected chi connectivity index (χ1v) is 21.3. The van der Waals surface area contributed by atoms with Gasteiger partial charge in [0.1, 0.15) is 12.4 Å². The Balaban J connectivity index is 1.02. The quantitative estimate of drug-likeness (QED) is 0.238. The van der Waals surface area contributed by atoms with Gasteiger partial charge in [0.15, 0.2) is 17.9 Å². The van der Waals surface area contributed by atoms with Crippen LogP contribution in [0, 0.1) is 35.5 Å². The van der Waals surface area contributed by atoms with Gasteiger partial charge in [-0.2, -0.15) is 0 Å². The summed E-state index contributed by atoms with van der Waals surface area (Å²) in [5.74, 6) is -2.54. The van der Waals surface area contributed by atoms with Crippen LogP contribution in [0.25, 0.3) is 0 Å². The number of carboxylic acid groups (broad SMARTS) is 1. The van der Waals surface area contributed by atoms with E-state index in [0.717, 1.165) is 49.8 Å². The molecule has 1 aromatic carbocycles. The monoisotopic (exact) mass is 788 g/mol. The van der Waals surface area contributed by atoms with Crippen LogP contribution in [-0.2, 0) is 42.7 Å². The number of aliphatic hydroxyl groups excluding tert-OH is 1. The smallest absolute Gasteiger partial charge is 0.308 e. The first-order valence-electron chi connectivity index (χ1n) is 21.3. The topological polar surface area (TPSA) is 141 Å². The van der Waals surface area contributed by atoms with Crippen molar-refractivity contribution in [2.45, 2.75) is 179 Å². The van der Waals surface area contributed by atoms with Crippen molar-refractivity contribution in [3.63, 3.8) is 0 Å². The zero-order valence-corrected chi connectivity index (χ0v) is 35.2. The minimum atomic E-state index is -0.993. The second kappa shape index (κ2) is 16.0. The lowest BCUT2D eigenvalue weighted by molar-refractivity contribution is -0.336. The number of ether oxygens (including phenoxy) is 9. The molecule has 2 spiro atoms. The maximum atomic E-state index is 11.9. The second-order valence-electron chi connectivity index (χ2n) is 18.6. The molecule has 2 N–H and O–H groups in total. The highest BCUT2D eigenvalue weighted by Gasteiger charge is 2.63. The van der Waals surface area contributed by atoms with E-state index in [0.29, 0.717) is 19.4 Å². The summed E-state index contributed by atoms with van der Waals surface area (Å²) in [7, 11) is 3.19. The highest BCUT2D eigenvalue weighted by atomic mass is 16.8. The minimum absolute atomic E-state index is 0.108. The molecule has 1 aromatic rings. The summed E-state index contributed by atoms with van der Waals surface area (Å²) in [5.41, 5.74) is -0.179. The van der Waals surface area contributed by atoms with Crippen molar-refractivity contribution in [2.24, 2.45) is 35.5 Å². The summed E-state index contributed by atoms with van der Waals surface area (Å²) in [6.07, 6.45) is 3.22. The maximum Gasteiger partial charge on any atom is 0.308 e. The molecule has 0 radical (unpaired) electrons. The van der Waals surface area contributed by atoms with Crippen molar-refractivity contribution in [1.29, 1.82) is 0 Å².